The van der Waals surface area contributed by atoms with Crippen LogP contribution in [0.5, 0.6) is 0 Å². The molecule has 0 bridgehead atoms. The normalized spacial score (nSPS) is 19.8. The first kappa shape index (κ1) is 78.6. The van der Waals surface area contributed by atoms with E-state index in [1.165, 1.54) is 0 Å². The van der Waals surface area contributed by atoms with Crippen LogP contribution in [0.4, 0.5) is 0 Å². The van der Waals surface area contributed by atoms with Crippen LogP contribution in [0.2, 0.25) is 0 Å². The van der Waals surface area contributed by atoms with Crippen molar-refractivity contribution >= 4 is 47.2 Å². The average molecular weight is 1070 g/mol. The first-order valence-electron chi connectivity index (χ1n) is 17.3. The second kappa shape index (κ2) is 41.2. The van der Waals surface area contributed by atoms with Crippen LogP contribution < -0.4 is 25.5 Å². The second-order valence-electron chi connectivity index (χ2n) is 12.5. The maximum atomic E-state index is 9.98. The Labute approximate surface area is 395 Å². The van der Waals surface area contributed by atoms with Crippen molar-refractivity contribution in [2.75, 3.05) is 33.0 Å². The van der Waals surface area contributed by atoms with Crippen LogP contribution in [0.25, 0.3) is 0 Å². The van der Waals surface area contributed by atoms with Gasteiger partial charge >= 0.3 is 34.4 Å². The van der Waals surface area contributed by atoms with Gasteiger partial charge in [-0.05, 0) is 0 Å². The van der Waals surface area contributed by atoms with Gasteiger partial charge in [0.2, 0.25) is 0 Å². The fraction of sp³-hybridized carbons (Fsp3) is 0.833. The third kappa shape index (κ3) is 31.3. The van der Waals surface area contributed by atoms with Crippen molar-refractivity contribution in [1.29, 1.82) is 0 Å². The summed E-state index contributed by atoms with van der Waals surface area (Å²) >= 11 is 0. The van der Waals surface area contributed by atoms with E-state index in [2.05, 4.69) is 0 Å². The van der Waals surface area contributed by atoms with Crippen LogP contribution in [0.1, 0.15) is 0 Å². The molecule has 0 spiro atoms. The summed E-state index contributed by atoms with van der Waals surface area (Å²) in [6, 6.07) is 0. The summed E-state index contributed by atoms with van der Waals surface area (Å²) in [6.07, 6.45) is -40.4. The van der Waals surface area contributed by atoms with Gasteiger partial charge in [-0.2, -0.15) is 0 Å². The number of aliphatic hydroxyl groups is 25. The van der Waals surface area contributed by atoms with Crippen molar-refractivity contribution in [2.45, 2.75) is 122 Å². The van der Waals surface area contributed by atoms with E-state index < -0.39 is 185 Å². The summed E-state index contributed by atoms with van der Waals surface area (Å²) in [4.78, 5) is 49.9. The molecule has 0 fully saturated rings. The Morgan fingerprint density at radius 3 is 0.403 bits per heavy atom. The van der Waals surface area contributed by atoms with Gasteiger partial charge in [0.25, 0.3) is 0 Å². The number of carboxylic acid groups (broad SMARTS) is 5. The Kier molecular flexibility index (Phi) is 48.3. The predicted octanol–water partition coefficient (Wildman–Crippen LogP) is -24.5. The first-order chi connectivity index (χ1) is 29.6. The summed E-state index contributed by atoms with van der Waals surface area (Å²) in [7, 11) is 0. The number of carbonyl (C=O) groups excluding carboxylic acids is 5. The summed E-state index contributed by atoms with van der Waals surface area (Å²) < 4.78 is 0. The van der Waals surface area contributed by atoms with Crippen LogP contribution in [0.3, 0.4) is 0 Å². The molecule has 25 N–H and O–H groups in total. The summed E-state index contributed by atoms with van der Waals surface area (Å²) in [5, 5.41) is 267. The van der Waals surface area contributed by atoms with E-state index in [1.807, 2.05) is 0 Å². The largest absolute Gasteiger partial charge is 3.00 e. The van der Waals surface area contributed by atoms with Crippen molar-refractivity contribution in [3.05, 3.63) is 0 Å². The third-order valence-corrected chi connectivity index (χ3v) is 7.48. The number of rotatable bonds is 25. The molecule has 0 saturated carbocycles. The molecular formula is C30H55AlCuO35. The van der Waals surface area contributed by atoms with E-state index in [9.17, 15) is 49.5 Å². The molecule has 1 radical (unpaired) electrons. The van der Waals surface area contributed by atoms with Gasteiger partial charge in [0.1, 0.15) is 122 Å². The quantitative estimate of drug-likeness (QED) is 0.0378. The molecule has 67 heavy (non-hydrogen) atoms. The maximum absolute atomic E-state index is 9.98. The Hall–Kier alpha value is -2.60. The van der Waals surface area contributed by atoms with Crippen LogP contribution in [-0.2, 0) is 41.0 Å². The minimum Gasteiger partial charge on any atom is -0.547 e. The molecule has 0 heterocycles. The minimum atomic E-state index is -2.31. The Morgan fingerprint density at radius 1 is 0.254 bits per heavy atom. The first-order valence-corrected chi connectivity index (χ1v) is 17.3. The predicted molar refractivity (Wildman–Crippen MR) is 186 cm³/mol. The molecule has 0 aromatic rings. The molecule has 37 heteroatoms. The van der Waals surface area contributed by atoms with Gasteiger partial charge < -0.3 is 177 Å². The molecule has 0 aliphatic heterocycles. The molecule has 20 atom stereocenters. The molecule has 20 unspecified atom stereocenters. The average Bonchev–Trinajstić information content (AvgIpc) is 3.28. The number of carbonyl (C=O) groups is 5. The van der Waals surface area contributed by atoms with Gasteiger partial charge in [0, 0.05) is 0 Å². The van der Waals surface area contributed by atoms with Crippen molar-refractivity contribution in [1.82, 2.24) is 0 Å². The molecule has 0 aromatic carbocycles. The van der Waals surface area contributed by atoms with E-state index in [1.54, 1.807) is 0 Å². The van der Waals surface area contributed by atoms with Gasteiger partial charge in [0.15, 0.2) is 0 Å². The Morgan fingerprint density at radius 2 is 0.343 bits per heavy atom. The van der Waals surface area contributed by atoms with Crippen LogP contribution in [0, 0.1) is 0 Å². The minimum absolute atomic E-state index is 0. The number of hydrogen-bond acceptors (Lipinski definition) is 35. The standard InChI is InChI=1S/5C6H12O7.Al.Cu/c5*7-1-2(8)3(9)4(10)5(11)6(12)13;;/h5*2-5,7-11H,1H2,(H,12,13);;/q;;;;;+3;+2/p-5. The van der Waals surface area contributed by atoms with E-state index >= 15 is 0 Å². The molecule has 399 valence electrons. The van der Waals surface area contributed by atoms with E-state index in [0.717, 1.165) is 0 Å². The molecule has 0 rings (SSSR count). The van der Waals surface area contributed by atoms with Gasteiger partial charge in [-0.25, -0.2) is 0 Å². The van der Waals surface area contributed by atoms with E-state index in [0.29, 0.717) is 0 Å². The van der Waals surface area contributed by atoms with E-state index in [-0.39, 0.29) is 34.4 Å². The van der Waals surface area contributed by atoms with Crippen LogP contribution >= 0.6 is 0 Å². The topological polar surface area (TPSA) is 706 Å². The number of carboxylic acids is 5. The SMILES string of the molecule is O=C([O-])C(O)C(O)C(O)C(O)CO.O=C([O-])C(O)C(O)C(O)C(O)CO.O=C([O-])C(O)C(O)C(O)C(O)CO.O=C([O-])C(O)C(O)C(O)C(O)CO.O=C([O-])C(O)C(O)C(O)C(O)CO.[Al+3].[Cu+2]. The smallest absolute Gasteiger partial charge is 0.547 e. The zero-order chi connectivity index (χ0) is 53.0. The fourth-order valence-corrected chi connectivity index (χ4v) is 3.31. The summed E-state index contributed by atoms with van der Waals surface area (Å²) in [5.74, 6) is -9.88. The van der Waals surface area contributed by atoms with Gasteiger partial charge in [-0.15, -0.1) is 0 Å². The van der Waals surface area contributed by atoms with Crippen molar-refractivity contribution < 1.29 is 194 Å². The third-order valence-electron chi connectivity index (χ3n) is 7.48. The zero-order valence-electron chi connectivity index (χ0n) is 33.7. The number of aliphatic carboxylic acids is 5. The van der Waals surface area contributed by atoms with Gasteiger partial charge in [-0.3, -0.25) is 0 Å². The van der Waals surface area contributed by atoms with Crippen molar-refractivity contribution in [3.63, 3.8) is 0 Å². The van der Waals surface area contributed by atoms with Crippen molar-refractivity contribution in [2.24, 2.45) is 0 Å². The van der Waals surface area contributed by atoms with Crippen LogP contribution in [0.15, 0.2) is 0 Å². The van der Waals surface area contributed by atoms with Gasteiger partial charge in [-0.1, -0.05) is 0 Å². The monoisotopic (exact) mass is 1070 g/mol. The molecule has 0 amide bonds. The van der Waals surface area contributed by atoms with Crippen LogP contribution in [-0.4, -0.2) is 330 Å². The molecule has 0 aromatic heterocycles. The molecular weight excluding hydrogens is 1010 g/mol. The molecule has 0 aliphatic rings. The fourth-order valence-electron chi connectivity index (χ4n) is 3.31. The van der Waals surface area contributed by atoms with E-state index in [4.69, 9.17) is 128 Å². The summed E-state index contributed by atoms with van der Waals surface area (Å²) in [5.41, 5.74) is 0. The number of hydrogen-bond donors (Lipinski definition) is 25. The second-order valence-corrected chi connectivity index (χ2v) is 12.5. The Bertz CT molecular complexity index is 1090. The van der Waals surface area contributed by atoms with Crippen molar-refractivity contribution in [3.8, 4) is 0 Å². The molecule has 0 aliphatic carbocycles. The zero-order valence-corrected chi connectivity index (χ0v) is 35.8. The summed E-state index contributed by atoms with van der Waals surface area (Å²) in [6.45, 7) is -4.32. The van der Waals surface area contributed by atoms with Gasteiger partial charge in [0.05, 0.1) is 62.9 Å². The maximum Gasteiger partial charge on any atom is 3.00 e. The molecule has 0 saturated heterocycles. The number of aliphatic hydroxyl groups excluding tert-OH is 25. The Balaban J connectivity index is -0.000000133. The molecule has 35 nitrogen and oxygen atoms in total.